The molecule has 1 heterocycles. The number of ether oxygens (including phenoxy) is 1. The predicted molar refractivity (Wildman–Crippen MR) is 77.7 cm³/mol. The summed E-state index contributed by atoms with van der Waals surface area (Å²) >= 11 is 6.20. The van der Waals surface area contributed by atoms with E-state index in [1.165, 1.54) is 5.56 Å². The van der Waals surface area contributed by atoms with Crippen molar-refractivity contribution in [2.24, 2.45) is 5.73 Å². The SMILES string of the molecule is CC1Cc2cc(C(N)c3ccccc3Cl)ccc2O1. The van der Waals surface area contributed by atoms with Crippen LogP contribution in [-0.4, -0.2) is 6.10 Å². The third kappa shape index (κ3) is 2.34. The third-order valence-electron chi connectivity index (χ3n) is 3.52. The Balaban J connectivity index is 1.95. The molecule has 2 aromatic rings. The summed E-state index contributed by atoms with van der Waals surface area (Å²) in [4.78, 5) is 0. The van der Waals surface area contributed by atoms with Gasteiger partial charge in [0.05, 0.1) is 6.04 Å². The fourth-order valence-electron chi connectivity index (χ4n) is 2.54. The Hall–Kier alpha value is -1.51. The number of halogens is 1. The molecular weight excluding hydrogens is 258 g/mol. The average Bonchev–Trinajstić information content (AvgIpc) is 2.77. The number of benzene rings is 2. The predicted octanol–water partition coefficient (Wildman–Crippen LogP) is 3.71. The fraction of sp³-hybridized carbons (Fsp3) is 0.250. The third-order valence-corrected chi connectivity index (χ3v) is 3.86. The van der Waals surface area contributed by atoms with Gasteiger partial charge in [0.25, 0.3) is 0 Å². The van der Waals surface area contributed by atoms with E-state index >= 15 is 0 Å². The van der Waals surface area contributed by atoms with Crippen molar-refractivity contribution in [3.05, 3.63) is 64.2 Å². The number of nitrogens with two attached hydrogens (primary N) is 1. The Morgan fingerprint density at radius 2 is 2.05 bits per heavy atom. The summed E-state index contributed by atoms with van der Waals surface area (Å²) in [5.74, 6) is 0.975. The first-order valence-corrected chi connectivity index (χ1v) is 6.82. The highest BCUT2D eigenvalue weighted by Gasteiger charge is 2.21. The number of hydrogen-bond donors (Lipinski definition) is 1. The standard InChI is InChI=1S/C16H16ClNO/c1-10-8-12-9-11(6-7-15(12)19-10)16(18)13-4-2-3-5-14(13)17/h2-7,9-10,16H,8,18H2,1H3. The molecule has 98 valence electrons. The minimum Gasteiger partial charge on any atom is -0.490 e. The molecule has 3 heteroatoms. The van der Waals surface area contributed by atoms with Gasteiger partial charge in [0.2, 0.25) is 0 Å². The van der Waals surface area contributed by atoms with Gasteiger partial charge in [0.15, 0.2) is 0 Å². The zero-order valence-corrected chi connectivity index (χ0v) is 11.5. The van der Waals surface area contributed by atoms with Crippen molar-refractivity contribution in [3.63, 3.8) is 0 Å². The zero-order chi connectivity index (χ0) is 13.4. The molecule has 0 aliphatic carbocycles. The summed E-state index contributed by atoms with van der Waals surface area (Å²) in [5.41, 5.74) is 9.58. The van der Waals surface area contributed by atoms with Gasteiger partial charge in [-0.1, -0.05) is 41.9 Å². The highest BCUT2D eigenvalue weighted by Crippen LogP contribution is 2.33. The van der Waals surface area contributed by atoms with E-state index in [9.17, 15) is 0 Å². The van der Waals surface area contributed by atoms with Crippen LogP contribution in [0.1, 0.15) is 29.7 Å². The maximum absolute atomic E-state index is 6.32. The maximum atomic E-state index is 6.32. The van der Waals surface area contributed by atoms with Crippen molar-refractivity contribution in [2.45, 2.75) is 25.5 Å². The van der Waals surface area contributed by atoms with Gasteiger partial charge >= 0.3 is 0 Å². The first-order valence-electron chi connectivity index (χ1n) is 6.44. The summed E-state index contributed by atoms with van der Waals surface area (Å²) in [6.45, 7) is 2.08. The average molecular weight is 274 g/mol. The van der Waals surface area contributed by atoms with Gasteiger partial charge < -0.3 is 10.5 Å². The normalized spacial score (nSPS) is 18.8. The molecule has 3 rings (SSSR count). The first-order chi connectivity index (χ1) is 9.15. The van der Waals surface area contributed by atoms with E-state index in [0.29, 0.717) is 5.02 Å². The second-order valence-electron chi connectivity index (χ2n) is 5.00. The lowest BCUT2D eigenvalue weighted by Gasteiger charge is -2.15. The smallest absolute Gasteiger partial charge is 0.123 e. The van der Waals surface area contributed by atoms with Gasteiger partial charge in [-0.15, -0.1) is 0 Å². The van der Waals surface area contributed by atoms with Crippen molar-refractivity contribution in [3.8, 4) is 5.75 Å². The lowest BCUT2D eigenvalue weighted by molar-refractivity contribution is 0.254. The quantitative estimate of drug-likeness (QED) is 0.905. The molecule has 2 atom stereocenters. The second-order valence-corrected chi connectivity index (χ2v) is 5.41. The molecule has 0 saturated heterocycles. The largest absolute Gasteiger partial charge is 0.490 e. The molecule has 0 radical (unpaired) electrons. The molecule has 2 N–H and O–H groups in total. The van der Waals surface area contributed by atoms with E-state index in [-0.39, 0.29) is 12.1 Å². The number of hydrogen-bond acceptors (Lipinski definition) is 2. The van der Waals surface area contributed by atoms with E-state index < -0.39 is 0 Å². The van der Waals surface area contributed by atoms with Crippen molar-refractivity contribution >= 4 is 11.6 Å². The Kier molecular flexibility index (Phi) is 3.21. The van der Waals surface area contributed by atoms with Gasteiger partial charge in [-0.05, 0) is 35.7 Å². The van der Waals surface area contributed by atoms with Gasteiger partial charge in [0, 0.05) is 11.4 Å². The molecule has 1 aliphatic rings. The van der Waals surface area contributed by atoms with Crippen molar-refractivity contribution in [1.29, 1.82) is 0 Å². The second kappa shape index (κ2) is 4.87. The van der Waals surface area contributed by atoms with Crippen LogP contribution in [0.25, 0.3) is 0 Å². The first kappa shape index (κ1) is 12.5. The van der Waals surface area contributed by atoms with Gasteiger partial charge in [0.1, 0.15) is 11.9 Å². The molecule has 0 aromatic heterocycles. The molecule has 19 heavy (non-hydrogen) atoms. The van der Waals surface area contributed by atoms with E-state index in [1.807, 2.05) is 36.4 Å². The van der Waals surface area contributed by atoms with E-state index in [2.05, 4.69) is 13.0 Å². The number of fused-ring (bicyclic) bond motifs is 1. The van der Waals surface area contributed by atoms with Gasteiger partial charge in [-0.25, -0.2) is 0 Å². The lowest BCUT2D eigenvalue weighted by atomic mass is 9.97. The fourth-order valence-corrected chi connectivity index (χ4v) is 2.80. The van der Waals surface area contributed by atoms with Crippen LogP contribution in [-0.2, 0) is 6.42 Å². The maximum Gasteiger partial charge on any atom is 0.123 e. The molecule has 1 aliphatic heterocycles. The summed E-state index contributed by atoms with van der Waals surface area (Å²) in [6.07, 6.45) is 1.19. The van der Waals surface area contributed by atoms with E-state index in [0.717, 1.165) is 23.3 Å². The molecule has 0 saturated carbocycles. The zero-order valence-electron chi connectivity index (χ0n) is 10.8. The Morgan fingerprint density at radius 1 is 1.26 bits per heavy atom. The van der Waals surface area contributed by atoms with E-state index in [1.54, 1.807) is 0 Å². The van der Waals surface area contributed by atoms with Crippen molar-refractivity contribution in [2.75, 3.05) is 0 Å². The van der Waals surface area contributed by atoms with Crippen LogP contribution in [0, 0.1) is 0 Å². The van der Waals surface area contributed by atoms with Crippen molar-refractivity contribution < 1.29 is 4.74 Å². The van der Waals surface area contributed by atoms with Crippen LogP contribution in [0.15, 0.2) is 42.5 Å². The molecule has 2 unspecified atom stereocenters. The van der Waals surface area contributed by atoms with Crippen LogP contribution in [0.2, 0.25) is 5.02 Å². The molecular formula is C16H16ClNO. The molecule has 0 fully saturated rings. The van der Waals surface area contributed by atoms with Crippen LogP contribution in [0.3, 0.4) is 0 Å². The van der Waals surface area contributed by atoms with Crippen LogP contribution < -0.4 is 10.5 Å². The van der Waals surface area contributed by atoms with Crippen LogP contribution in [0.5, 0.6) is 5.75 Å². The summed E-state index contributed by atoms with van der Waals surface area (Å²) in [7, 11) is 0. The van der Waals surface area contributed by atoms with Crippen molar-refractivity contribution in [1.82, 2.24) is 0 Å². The van der Waals surface area contributed by atoms with Crippen LogP contribution in [0.4, 0.5) is 0 Å². The highest BCUT2D eigenvalue weighted by molar-refractivity contribution is 6.31. The minimum atomic E-state index is -0.199. The molecule has 0 bridgehead atoms. The summed E-state index contributed by atoms with van der Waals surface area (Å²) in [6, 6.07) is 13.7. The Labute approximate surface area is 118 Å². The minimum absolute atomic E-state index is 0.199. The Morgan fingerprint density at radius 3 is 2.84 bits per heavy atom. The van der Waals surface area contributed by atoms with Gasteiger partial charge in [-0.3, -0.25) is 0 Å². The molecule has 2 aromatic carbocycles. The summed E-state index contributed by atoms with van der Waals surface area (Å²) < 4.78 is 5.70. The van der Waals surface area contributed by atoms with E-state index in [4.69, 9.17) is 22.1 Å². The topological polar surface area (TPSA) is 35.2 Å². The van der Waals surface area contributed by atoms with Gasteiger partial charge in [-0.2, -0.15) is 0 Å². The molecule has 0 amide bonds. The highest BCUT2D eigenvalue weighted by atomic mass is 35.5. The van der Waals surface area contributed by atoms with Crippen LogP contribution >= 0.6 is 11.6 Å². The number of rotatable bonds is 2. The Bertz CT molecular complexity index is 611. The molecule has 2 nitrogen and oxygen atoms in total. The molecule has 0 spiro atoms. The monoisotopic (exact) mass is 273 g/mol. The lowest BCUT2D eigenvalue weighted by Crippen LogP contribution is -2.12. The summed E-state index contributed by atoms with van der Waals surface area (Å²) in [5, 5.41) is 0.708.